The van der Waals surface area contributed by atoms with Crippen LogP contribution in [0.25, 0.3) is 22.3 Å². The second kappa shape index (κ2) is 8.07. The van der Waals surface area contributed by atoms with E-state index in [2.05, 4.69) is 52.1 Å². The molecule has 1 aromatic carbocycles. The molecule has 1 aliphatic heterocycles. The number of likely N-dealkylation sites (N-methyl/N-ethyl adjacent to an activating group) is 1. The number of benzene rings is 1. The van der Waals surface area contributed by atoms with Crippen molar-refractivity contribution in [2.75, 3.05) is 25.0 Å². The second-order valence-electron chi connectivity index (χ2n) is 10.5. The number of carbonyl (C=O) groups excluding carboxylic acids is 1. The van der Waals surface area contributed by atoms with E-state index in [9.17, 15) is 4.79 Å². The Labute approximate surface area is 190 Å². The van der Waals surface area contributed by atoms with Gasteiger partial charge in [-0.3, -0.25) is 14.8 Å². The van der Waals surface area contributed by atoms with Gasteiger partial charge < -0.3 is 9.88 Å². The van der Waals surface area contributed by atoms with Gasteiger partial charge in [0.1, 0.15) is 5.69 Å². The van der Waals surface area contributed by atoms with Crippen LogP contribution in [0.15, 0.2) is 24.3 Å². The molecule has 6 heteroatoms. The average Bonchev–Trinajstić information content (AvgIpc) is 3.40. The van der Waals surface area contributed by atoms with Crippen molar-refractivity contribution < 1.29 is 4.79 Å². The van der Waals surface area contributed by atoms with Crippen LogP contribution in [0.3, 0.4) is 0 Å². The first-order valence-electron chi connectivity index (χ1n) is 12.0. The molecule has 3 aromatic rings. The average molecular weight is 434 g/mol. The number of nitrogens with zero attached hydrogens (tertiary/aromatic N) is 3. The van der Waals surface area contributed by atoms with Gasteiger partial charge in [0.15, 0.2) is 0 Å². The van der Waals surface area contributed by atoms with E-state index < -0.39 is 0 Å². The van der Waals surface area contributed by atoms with Crippen LogP contribution in [-0.4, -0.2) is 52.2 Å². The van der Waals surface area contributed by atoms with Crippen LogP contribution in [0.2, 0.25) is 0 Å². The summed E-state index contributed by atoms with van der Waals surface area (Å²) in [5, 5.41) is 9.09. The highest BCUT2D eigenvalue weighted by atomic mass is 16.2. The van der Waals surface area contributed by atoms with Gasteiger partial charge in [0.05, 0.1) is 11.7 Å². The van der Waals surface area contributed by atoms with Crippen molar-refractivity contribution in [1.29, 1.82) is 0 Å². The minimum absolute atomic E-state index is 0.0879. The van der Waals surface area contributed by atoms with Gasteiger partial charge in [-0.1, -0.05) is 26.3 Å². The zero-order chi connectivity index (χ0) is 22.5. The predicted molar refractivity (Wildman–Crippen MR) is 130 cm³/mol. The first kappa shape index (κ1) is 21.3. The van der Waals surface area contributed by atoms with Gasteiger partial charge in [0.25, 0.3) is 0 Å². The standard InChI is InChI=1S/C26H35N5O/c1-17(31-12-6-5-7-13-31)25(32)30(4)19-9-8-18-14-22(27-21(18)15-19)24-20-10-11-26(2,3)16-23(20)28-29-24/h8-9,14-15,17,27H,5-7,10-13,16H2,1-4H3,(H,28,29)/t17-/m0/s1. The molecular weight excluding hydrogens is 398 g/mol. The Kier molecular flexibility index (Phi) is 5.36. The van der Waals surface area contributed by atoms with E-state index in [-0.39, 0.29) is 11.9 Å². The third-order valence-corrected chi connectivity index (χ3v) is 7.53. The summed E-state index contributed by atoms with van der Waals surface area (Å²) in [5.41, 5.74) is 6.99. The van der Waals surface area contributed by atoms with Crippen molar-refractivity contribution >= 4 is 22.5 Å². The molecule has 1 amide bonds. The molecule has 1 atom stereocenters. The lowest BCUT2D eigenvalue weighted by molar-refractivity contribution is -0.123. The number of carbonyl (C=O) groups is 1. The minimum atomic E-state index is -0.0879. The first-order chi connectivity index (χ1) is 15.3. The zero-order valence-corrected chi connectivity index (χ0v) is 19.8. The maximum absolute atomic E-state index is 13.1. The number of piperidine rings is 1. The van der Waals surface area contributed by atoms with Gasteiger partial charge in [-0.25, -0.2) is 0 Å². The molecule has 32 heavy (non-hydrogen) atoms. The lowest BCUT2D eigenvalue weighted by Gasteiger charge is -2.33. The highest BCUT2D eigenvalue weighted by molar-refractivity contribution is 5.98. The Balaban J connectivity index is 1.39. The lowest BCUT2D eigenvalue weighted by atomic mass is 9.76. The number of aromatic amines is 2. The summed E-state index contributed by atoms with van der Waals surface area (Å²) in [7, 11) is 1.89. The molecule has 0 spiro atoms. The molecule has 170 valence electrons. The largest absolute Gasteiger partial charge is 0.353 e. The summed E-state index contributed by atoms with van der Waals surface area (Å²) < 4.78 is 0. The summed E-state index contributed by atoms with van der Waals surface area (Å²) in [5.74, 6) is 0.155. The molecule has 1 saturated heterocycles. The van der Waals surface area contributed by atoms with Crippen LogP contribution in [0.1, 0.15) is 57.7 Å². The first-order valence-corrected chi connectivity index (χ1v) is 12.0. The summed E-state index contributed by atoms with van der Waals surface area (Å²) in [6.45, 7) is 8.73. The smallest absolute Gasteiger partial charge is 0.243 e. The van der Waals surface area contributed by atoms with Crippen molar-refractivity contribution in [3.05, 3.63) is 35.5 Å². The molecule has 2 aromatic heterocycles. The molecule has 0 saturated carbocycles. The fourth-order valence-corrected chi connectivity index (χ4v) is 5.39. The number of H-pyrrole nitrogens is 2. The van der Waals surface area contributed by atoms with Crippen molar-refractivity contribution in [3.8, 4) is 11.4 Å². The van der Waals surface area contributed by atoms with E-state index in [0.29, 0.717) is 5.41 Å². The summed E-state index contributed by atoms with van der Waals surface area (Å²) in [4.78, 5) is 20.8. The number of hydrogen-bond acceptors (Lipinski definition) is 3. The Morgan fingerprint density at radius 1 is 1.19 bits per heavy atom. The topological polar surface area (TPSA) is 68.0 Å². The zero-order valence-electron chi connectivity index (χ0n) is 19.8. The van der Waals surface area contributed by atoms with Crippen molar-refractivity contribution in [2.24, 2.45) is 5.41 Å². The molecule has 0 unspecified atom stereocenters. The van der Waals surface area contributed by atoms with E-state index in [1.54, 1.807) is 4.90 Å². The van der Waals surface area contributed by atoms with Crippen molar-refractivity contribution in [2.45, 2.75) is 65.3 Å². The highest BCUT2D eigenvalue weighted by Crippen LogP contribution is 2.38. The summed E-state index contributed by atoms with van der Waals surface area (Å²) >= 11 is 0. The SMILES string of the molecule is C[C@@H](C(=O)N(C)c1ccc2cc(-c3n[nH]c4c3CCC(C)(C)C4)[nH]c2c1)N1CCCCC1. The van der Waals surface area contributed by atoms with Crippen LogP contribution < -0.4 is 4.90 Å². The second-order valence-corrected chi connectivity index (χ2v) is 10.5. The van der Waals surface area contributed by atoms with E-state index in [4.69, 9.17) is 0 Å². The van der Waals surface area contributed by atoms with Crippen LogP contribution in [-0.2, 0) is 17.6 Å². The highest BCUT2D eigenvalue weighted by Gasteiger charge is 2.30. The molecule has 1 aliphatic carbocycles. The van der Waals surface area contributed by atoms with Crippen LogP contribution in [0.5, 0.6) is 0 Å². The molecule has 0 bridgehead atoms. The molecule has 2 aliphatic rings. The van der Waals surface area contributed by atoms with Crippen LogP contribution in [0, 0.1) is 5.41 Å². The Hall–Kier alpha value is -2.60. The van der Waals surface area contributed by atoms with Crippen LogP contribution >= 0.6 is 0 Å². The number of rotatable bonds is 4. The monoisotopic (exact) mass is 433 g/mol. The number of nitrogens with one attached hydrogen (secondary N) is 2. The van der Waals surface area contributed by atoms with E-state index >= 15 is 0 Å². The normalized spacial score (nSPS) is 19.6. The summed E-state index contributed by atoms with van der Waals surface area (Å²) in [6, 6.07) is 8.32. The van der Waals surface area contributed by atoms with Crippen molar-refractivity contribution in [3.63, 3.8) is 0 Å². The Morgan fingerprint density at radius 2 is 1.97 bits per heavy atom. The van der Waals surface area contributed by atoms with Gasteiger partial charge >= 0.3 is 0 Å². The third kappa shape index (κ3) is 3.85. The number of amides is 1. The molecule has 5 rings (SSSR count). The predicted octanol–water partition coefficient (Wildman–Crippen LogP) is 4.91. The van der Waals surface area contributed by atoms with E-state index in [1.165, 1.54) is 36.9 Å². The molecule has 2 N–H and O–H groups in total. The molecule has 6 nitrogen and oxygen atoms in total. The van der Waals surface area contributed by atoms with Gasteiger partial charge in [-0.05, 0) is 75.7 Å². The fraction of sp³-hybridized carbons (Fsp3) is 0.538. The number of fused-ring (bicyclic) bond motifs is 2. The Morgan fingerprint density at radius 3 is 2.75 bits per heavy atom. The van der Waals surface area contributed by atoms with Gasteiger partial charge in [0, 0.05) is 34.9 Å². The van der Waals surface area contributed by atoms with Crippen LogP contribution in [0.4, 0.5) is 5.69 Å². The fourth-order valence-electron chi connectivity index (χ4n) is 5.39. The Bertz CT molecular complexity index is 1130. The molecule has 0 radical (unpaired) electrons. The number of anilines is 1. The van der Waals surface area contributed by atoms with Crippen molar-refractivity contribution in [1.82, 2.24) is 20.1 Å². The quantitative estimate of drug-likeness (QED) is 0.614. The molecule has 1 fully saturated rings. The third-order valence-electron chi connectivity index (χ3n) is 7.53. The minimum Gasteiger partial charge on any atom is -0.353 e. The summed E-state index contributed by atoms with van der Waals surface area (Å²) in [6.07, 6.45) is 6.93. The number of aromatic nitrogens is 3. The molecular formula is C26H35N5O. The maximum Gasteiger partial charge on any atom is 0.243 e. The number of hydrogen-bond donors (Lipinski definition) is 2. The van der Waals surface area contributed by atoms with Gasteiger partial charge in [-0.15, -0.1) is 0 Å². The van der Waals surface area contributed by atoms with Gasteiger partial charge in [0.2, 0.25) is 5.91 Å². The maximum atomic E-state index is 13.1. The molecule has 3 heterocycles. The number of likely N-dealkylation sites (tertiary alicyclic amines) is 1. The van der Waals surface area contributed by atoms with E-state index in [0.717, 1.165) is 53.9 Å². The van der Waals surface area contributed by atoms with Gasteiger partial charge in [-0.2, -0.15) is 5.10 Å². The van der Waals surface area contributed by atoms with E-state index in [1.807, 2.05) is 20.0 Å². The lowest BCUT2D eigenvalue weighted by Crippen LogP contribution is -2.47.